The summed E-state index contributed by atoms with van der Waals surface area (Å²) in [4.78, 5) is 44.6. The van der Waals surface area contributed by atoms with Crippen LogP contribution in [0.3, 0.4) is 0 Å². The first-order chi connectivity index (χ1) is 8.35. The summed E-state index contributed by atoms with van der Waals surface area (Å²) in [6, 6.07) is 4.82. The molecule has 1 heterocycles. The van der Waals surface area contributed by atoms with E-state index in [1.54, 1.807) is 18.2 Å². The van der Waals surface area contributed by atoms with Crippen LogP contribution in [-0.4, -0.2) is 25.9 Å². The van der Waals surface area contributed by atoms with Gasteiger partial charge < -0.3 is 19.8 Å². The first-order valence-electron chi connectivity index (χ1n) is 5.15. The van der Waals surface area contributed by atoms with E-state index in [1.165, 1.54) is 0 Å². The molecule has 0 saturated heterocycles. The third-order valence-electron chi connectivity index (χ3n) is 2.48. The minimum Gasteiger partial charge on any atom is -0.324 e. The standard InChI is InChI=1S/C10H11N2O5P/c13-9-10(14)12-8-5-6(1-2-7(8)11-9)3-4-18(15,16)17/h1-2,5H,3-4H2,(H,11,13)(H,12,14)(H2,15,16,17). The van der Waals surface area contributed by atoms with Crippen LogP contribution >= 0.6 is 7.60 Å². The van der Waals surface area contributed by atoms with Crippen molar-refractivity contribution in [3.63, 3.8) is 0 Å². The predicted molar refractivity (Wildman–Crippen MR) is 65.8 cm³/mol. The van der Waals surface area contributed by atoms with Gasteiger partial charge in [-0.1, -0.05) is 6.07 Å². The molecule has 0 aliphatic rings. The second kappa shape index (κ2) is 4.53. The minimum atomic E-state index is -4.04. The number of aromatic nitrogens is 2. The van der Waals surface area contributed by atoms with Crippen LogP contribution in [-0.2, 0) is 11.0 Å². The molecule has 1 aromatic heterocycles. The number of aromatic amines is 2. The summed E-state index contributed by atoms with van der Waals surface area (Å²) < 4.78 is 10.8. The Hall–Kier alpha value is -1.69. The van der Waals surface area contributed by atoms with Crippen LogP contribution < -0.4 is 11.1 Å². The summed E-state index contributed by atoms with van der Waals surface area (Å²) in [7, 11) is -4.04. The number of aryl methyl sites for hydroxylation is 1. The van der Waals surface area contributed by atoms with Crippen molar-refractivity contribution >= 4 is 18.6 Å². The van der Waals surface area contributed by atoms with E-state index in [4.69, 9.17) is 9.79 Å². The van der Waals surface area contributed by atoms with E-state index < -0.39 is 18.7 Å². The van der Waals surface area contributed by atoms with E-state index in [-0.39, 0.29) is 12.6 Å². The van der Waals surface area contributed by atoms with E-state index in [0.717, 1.165) is 0 Å². The monoisotopic (exact) mass is 270 g/mol. The molecular formula is C10H11N2O5P. The molecule has 0 aliphatic heterocycles. The van der Waals surface area contributed by atoms with Gasteiger partial charge in [-0.25, -0.2) is 0 Å². The summed E-state index contributed by atoms with van der Waals surface area (Å²) in [6.45, 7) is 0. The van der Waals surface area contributed by atoms with Crippen LogP contribution in [0.5, 0.6) is 0 Å². The summed E-state index contributed by atoms with van der Waals surface area (Å²) in [5.41, 5.74) is 0.0935. The molecule has 0 fully saturated rings. The topological polar surface area (TPSA) is 123 Å². The van der Waals surface area contributed by atoms with Crippen molar-refractivity contribution in [3.05, 3.63) is 44.5 Å². The van der Waals surface area contributed by atoms with Crippen molar-refractivity contribution in [2.75, 3.05) is 6.16 Å². The van der Waals surface area contributed by atoms with E-state index in [2.05, 4.69) is 9.97 Å². The fourth-order valence-corrected chi connectivity index (χ4v) is 2.14. The van der Waals surface area contributed by atoms with Gasteiger partial charge in [0.05, 0.1) is 17.2 Å². The lowest BCUT2D eigenvalue weighted by molar-refractivity contribution is 0.373. The maximum absolute atomic E-state index is 11.1. The van der Waals surface area contributed by atoms with Crippen molar-refractivity contribution in [2.24, 2.45) is 0 Å². The van der Waals surface area contributed by atoms with Crippen LogP contribution in [0.25, 0.3) is 11.0 Å². The highest BCUT2D eigenvalue weighted by Crippen LogP contribution is 2.34. The van der Waals surface area contributed by atoms with Gasteiger partial charge in [0.1, 0.15) is 0 Å². The lowest BCUT2D eigenvalue weighted by Crippen LogP contribution is -2.28. The summed E-state index contributed by atoms with van der Waals surface area (Å²) in [6.07, 6.45) is -0.0620. The van der Waals surface area contributed by atoms with Gasteiger partial charge in [-0.15, -0.1) is 0 Å². The molecule has 2 rings (SSSR count). The van der Waals surface area contributed by atoms with Crippen molar-refractivity contribution in [3.8, 4) is 0 Å². The third kappa shape index (κ3) is 2.95. The van der Waals surface area contributed by atoms with E-state index >= 15 is 0 Å². The van der Waals surface area contributed by atoms with Crippen LogP contribution in [0.15, 0.2) is 27.8 Å². The first-order valence-corrected chi connectivity index (χ1v) is 6.95. The number of benzene rings is 1. The Bertz CT molecular complexity index is 742. The van der Waals surface area contributed by atoms with Gasteiger partial charge in [0.15, 0.2) is 0 Å². The fraction of sp³-hybridized carbons (Fsp3) is 0.200. The van der Waals surface area contributed by atoms with Crippen LogP contribution in [0, 0.1) is 0 Å². The van der Waals surface area contributed by atoms with E-state index in [0.29, 0.717) is 16.6 Å². The van der Waals surface area contributed by atoms with Gasteiger partial charge >= 0.3 is 18.7 Å². The largest absolute Gasteiger partial charge is 0.325 e. The number of rotatable bonds is 3. The lowest BCUT2D eigenvalue weighted by Gasteiger charge is -2.05. The van der Waals surface area contributed by atoms with Gasteiger partial charge in [-0.05, 0) is 24.1 Å². The smallest absolute Gasteiger partial charge is 0.324 e. The molecule has 0 amide bonds. The molecular weight excluding hydrogens is 259 g/mol. The number of hydrogen-bond acceptors (Lipinski definition) is 3. The Morgan fingerprint density at radius 2 is 1.67 bits per heavy atom. The maximum Gasteiger partial charge on any atom is 0.325 e. The molecule has 7 nitrogen and oxygen atoms in total. The lowest BCUT2D eigenvalue weighted by atomic mass is 10.1. The highest BCUT2D eigenvalue weighted by atomic mass is 31.2. The third-order valence-corrected chi connectivity index (χ3v) is 3.28. The molecule has 0 saturated carbocycles. The van der Waals surface area contributed by atoms with E-state index in [1.807, 2.05) is 0 Å². The van der Waals surface area contributed by atoms with Gasteiger partial charge in [0.25, 0.3) is 0 Å². The molecule has 1 aromatic carbocycles. The average molecular weight is 270 g/mol. The van der Waals surface area contributed by atoms with Crippen molar-refractivity contribution < 1.29 is 14.4 Å². The number of H-pyrrole nitrogens is 2. The molecule has 0 aliphatic carbocycles. The molecule has 0 unspecified atom stereocenters. The molecule has 4 N–H and O–H groups in total. The Morgan fingerprint density at radius 3 is 2.28 bits per heavy atom. The van der Waals surface area contributed by atoms with Crippen LogP contribution in [0.1, 0.15) is 5.56 Å². The number of fused-ring (bicyclic) bond motifs is 1. The van der Waals surface area contributed by atoms with Crippen molar-refractivity contribution in [1.82, 2.24) is 9.97 Å². The van der Waals surface area contributed by atoms with Gasteiger partial charge in [-0.2, -0.15) is 0 Å². The van der Waals surface area contributed by atoms with Crippen LogP contribution in [0.2, 0.25) is 0 Å². The molecule has 0 spiro atoms. The van der Waals surface area contributed by atoms with Crippen molar-refractivity contribution in [1.29, 1.82) is 0 Å². The zero-order valence-electron chi connectivity index (χ0n) is 9.21. The maximum atomic E-state index is 11.1. The Morgan fingerprint density at radius 1 is 1.06 bits per heavy atom. The van der Waals surface area contributed by atoms with Gasteiger partial charge in [0, 0.05) is 0 Å². The Labute approximate surface area is 101 Å². The molecule has 0 atom stereocenters. The molecule has 0 radical (unpaired) electrons. The van der Waals surface area contributed by atoms with Crippen molar-refractivity contribution in [2.45, 2.75) is 6.42 Å². The predicted octanol–water partition coefficient (Wildman–Crippen LogP) is -0.0634. The molecule has 2 aromatic rings. The number of hydrogen-bond donors (Lipinski definition) is 4. The highest BCUT2D eigenvalue weighted by molar-refractivity contribution is 7.51. The Kier molecular flexibility index (Phi) is 3.21. The zero-order chi connectivity index (χ0) is 13.3. The van der Waals surface area contributed by atoms with Gasteiger partial charge in [0.2, 0.25) is 0 Å². The summed E-state index contributed by atoms with van der Waals surface area (Å²) >= 11 is 0. The second-order valence-corrected chi connectivity index (χ2v) is 5.70. The number of nitrogens with one attached hydrogen (secondary N) is 2. The summed E-state index contributed by atoms with van der Waals surface area (Å²) in [5, 5.41) is 0. The molecule has 18 heavy (non-hydrogen) atoms. The van der Waals surface area contributed by atoms with E-state index in [9.17, 15) is 14.2 Å². The fourth-order valence-electron chi connectivity index (χ4n) is 1.59. The zero-order valence-corrected chi connectivity index (χ0v) is 10.1. The molecule has 96 valence electrons. The van der Waals surface area contributed by atoms with Gasteiger partial charge in [-0.3, -0.25) is 14.2 Å². The van der Waals surface area contributed by atoms with Crippen LogP contribution in [0.4, 0.5) is 0 Å². The highest BCUT2D eigenvalue weighted by Gasteiger charge is 2.12. The quantitative estimate of drug-likeness (QED) is 0.459. The normalized spacial score (nSPS) is 11.9. The second-order valence-electron chi connectivity index (χ2n) is 3.93. The molecule has 8 heteroatoms. The molecule has 0 bridgehead atoms. The first kappa shape index (κ1) is 12.8. The SMILES string of the molecule is O=c1[nH]c2ccc(CCP(=O)(O)O)cc2[nH]c1=O. The minimum absolute atomic E-state index is 0.196. The summed E-state index contributed by atoms with van der Waals surface area (Å²) in [5.74, 6) is 0. The Balaban J connectivity index is 2.38. The average Bonchev–Trinajstić information content (AvgIpc) is 2.27.